The first-order valence-electron chi connectivity index (χ1n) is 8.00. The van der Waals surface area contributed by atoms with Crippen LogP contribution in [0.2, 0.25) is 0 Å². The average Bonchev–Trinajstić information content (AvgIpc) is 2.95. The average molecular weight is 281 g/mol. The lowest BCUT2D eigenvalue weighted by molar-refractivity contribution is 0.0759. The van der Waals surface area contributed by atoms with Crippen LogP contribution >= 0.6 is 0 Å². The number of hydrogen-bond donors (Lipinski definition) is 0. The number of carbonyl (C=O) groups is 1. The third-order valence-electron chi connectivity index (χ3n) is 4.69. The van der Waals surface area contributed by atoms with E-state index in [1.54, 1.807) is 6.20 Å². The van der Waals surface area contributed by atoms with E-state index in [1.807, 2.05) is 30.3 Å². The van der Waals surface area contributed by atoms with Crippen molar-refractivity contribution in [2.24, 2.45) is 11.3 Å². The van der Waals surface area contributed by atoms with Gasteiger partial charge in [-0.05, 0) is 37.3 Å². The second kappa shape index (κ2) is 5.59. The Morgan fingerprint density at radius 3 is 2.67 bits per heavy atom. The van der Waals surface area contributed by atoms with Crippen molar-refractivity contribution in [1.29, 1.82) is 0 Å². The number of para-hydroxylation sites is 1. The summed E-state index contributed by atoms with van der Waals surface area (Å²) >= 11 is 0. The molecule has 1 aliphatic carbocycles. The first kappa shape index (κ1) is 14.2. The smallest absolute Gasteiger partial charge is 0.170 e. The van der Waals surface area contributed by atoms with E-state index in [0.29, 0.717) is 11.7 Å². The van der Waals surface area contributed by atoms with Gasteiger partial charge < -0.3 is 0 Å². The molecule has 21 heavy (non-hydrogen) atoms. The summed E-state index contributed by atoms with van der Waals surface area (Å²) in [5.74, 6) is 0.868. The Balaban J connectivity index is 1.97. The predicted molar refractivity (Wildman–Crippen MR) is 86.4 cm³/mol. The van der Waals surface area contributed by atoms with E-state index < -0.39 is 0 Å². The van der Waals surface area contributed by atoms with E-state index in [0.717, 1.165) is 35.7 Å². The molecule has 3 rings (SSSR count). The summed E-state index contributed by atoms with van der Waals surface area (Å²) in [4.78, 5) is 17.6. The highest BCUT2D eigenvalue weighted by atomic mass is 16.1. The molecule has 2 aromatic rings. The molecule has 0 atom stereocenters. The molecule has 0 unspecified atom stereocenters. The van der Waals surface area contributed by atoms with Gasteiger partial charge in [0.05, 0.1) is 5.52 Å². The van der Waals surface area contributed by atoms with Crippen LogP contribution in [0.15, 0.2) is 36.5 Å². The maximum Gasteiger partial charge on any atom is 0.170 e. The molecule has 0 radical (unpaired) electrons. The fourth-order valence-electron chi connectivity index (χ4n) is 3.86. The molecule has 1 fully saturated rings. The number of benzene rings is 1. The van der Waals surface area contributed by atoms with Gasteiger partial charge in [-0.15, -0.1) is 0 Å². The monoisotopic (exact) mass is 281 g/mol. The third-order valence-corrected chi connectivity index (χ3v) is 4.69. The summed E-state index contributed by atoms with van der Waals surface area (Å²) in [5.41, 5.74) is 1.60. The van der Waals surface area contributed by atoms with Crippen molar-refractivity contribution in [1.82, 2.24) is 4.98 Å². The molecule has 0 spiro atoms. The number of Topliss-reactive ketones (excluding diaryl/α,β-unsaturated/α-hetero) is 1. The number of pyridine rings is 1. The van der Waals surface area contributed by atoms with Crippen LogP contribution in [0.4, 0.5) is 0 Å². The Labute approximate surface area is 126 Å². The molecule has 1 aromatic carbocycles. The molecule has 0 N–H and O–H groups in total. The molecule has 1 saturated carbocycles. The minimum Gasteiger partial charge on any atom is -0.293 e. The van der Waals surface area contributed by atoms with E-state index in [2.05, 4.69) is 18.8 Å². The summed E-state index contributed by atoms with van der Waals surface area (Å²) in [6.07, 6.45) is 7.20. The number of rotatable bonds is 4. The van der Waals surface area contributed by atoms with Crippen molar-refractivity contribution in [2.45, 2.75) is 46.0 Å². The van der Waals surface area contributed by atoms with Gasteiger partial charge in [0.25, 0.3) is 0 Å². The van der Waals surface area contributed by atoms with Gasteiger partial charge in [0.15, 0.2) is 5.78 Å². The van der Waals surface area contributed by atoms with E-state index in [9.17, 15) is 4.79 Å². The lowest BCUT2D eigenvalue weighted by atomic mass is 9.73. The van der Waals surface area contributed by atoms with Crippen LogP contribution < -0.4 is 0 Å². The van der Waals surface area contributed by atoms with Crippen LogP contribution in [-0.2, 0) is 0 Å². The lowest BCUT2D eigenvalue weighted by Gasteiger charge is -2.29. The molecule has 1 aliphatic rings. The van der Waals surface area contributed by atoms with Crippen molar-refractivity contribution in [2.75, 3.05) is 0 Å². The van der Waals surface area contributed by atoms with Crippen LogP contribution in [0, 0.1) is 11.3 Å². The van der Waals surface area contributed by atoms with E-state index in [4.69, 9.17) is 0 Å². The molecule has 0 aliphatic heterocycles. The van der Waals surface area contributed by atoms with Crippen molar-refractivity contribution in [3.8, 4) is 0 Å². The minimum absolute atomic E-state index is 0.141. The molecule has 0 bridgehead atoms. The van der Waals surface area contributed by atoms with Gasteiger partial charge in [-0.3, -0.25) is 9.78 Å². The fraction of sp³-hybridized carbons (Fsp3) is 0.474. The Bertz CT molecular complexity index is 653. The summed E-state index contributed by atoms with van der Waals surface area (Å²) < 4.78 is 0. The van der Waals surface area contributed by atoms with Crippen LogP contribution in [0.3, 0.4) is 0 Å². The maximum absolute atomic E-state index is 13.1. The van der Waals surface area contributed by atoms with Crippen molar-refractivity contribution < 1.29 is 4.79 Å². The zero-order valence-electron chi connectivity index (χ0n) is 12.9. The number of nitrogens with zero attached hydrogens (tertiary/aromatic N) is 1. The molecule has 1 heterocycles. The van der Waals surface area contributed by atoms with E-state index >= 15 is 0 Å². The molecular weight excluding hydrogens is 258 g/mol. The summed E-state index contributed by atoms with van der Waals surface area (Å²) in [6, 6.07) is 10.0. The molecule has 110 valence electrons. The zero-order chi connectivity index (χ0) is 14.9. The number of carbonyl (C=O) groups excluding carboxylic acids is 1. The molecule has 2 nitrogen and oxygen atoms in total. The Morgan fingerprint density at radius 2 is 1.95 bits per heavy atom. The van der Waals surface area contributed by atoms with Crippen molar-refractivity contribution in [3.05, 3.63) is 42.1 Å². The zero-order valence-corrected chi connectivity index (χ0v) is 12.9. The van der Waals surface area contributed by atoms with Gasteiger partial charge in [0.1, 0.15) is 0 Å². The molecule has 0 amide bonds. The maximum atomic E-state index is 13.1. The van der Waals surface area contributed by atoms with E-state index in [-0.39, 0.29) is 5.41 Å². The largest absolute Gasteiger partial charge is 0.293 e. The van der Waals surface area contributed by atoms with Crippen LogP contribution in [0.5, 0.6) is 0 Å². The highest BCUT2D eigenvalue weighted by Crippen LogP contribution is 2.45. The van der Waals surface area contributed by atoms with Gasteiger partial charge in [-0.25, -0.2) is 0 Å². The quantitative estimate of drug-likeness (QED) is 0.736. The number of ketones is 1. The molecular formula is C19H23NO. The molecule has 2 heteroatoms. The Morgan fingerprint density at radius 1 is 1.24 bits per heavy atom. The fourth-order valence-corrected chi connectivity index (χ4v) is 3.86. The van der Waals surface area contributed by atoms with Gasteiger partial charge in [0.2, 0.25) is 0 Å². The highest BCUT2D eigenvalue weighted by molar-refractivity contribution is 6.02. The number of aromatic nitrogens is 1. The summed E-state index contributed by atoms with van der Waals surface area (Å²) in [7, 11) is 0. The Kier molecular flexibility index (Phi) is 3.79. The first-order chi connectivity index (χ1) is 10.1. The summed E-state index contributed by atoms with van der Waals surface area (Å²) in [5, 5.41) is 1.06. The molecule has 0 saturated heterocycles. The number of fused-ring (bicyclic) bond motifs is 1. The molecule has 1 aromatic heterocycles. The van der Waals surface area contributed by atoms with Crippen LogP contribution in [0.25, 0.3) is 10.9 Å². The second-order valence-electron chi connectivity index (χ2n) is 6.83. The number of hydrogen-bond acceptors (Lipinski definition) is 2. The highest BCUT2D eigenvalue weighted by Gasteiger charge is 2.41. The minimum atomic E-state index is -0.141. The standard InChI is InChI=1S/C19H23NO/c1-14(2)12-19(9-5-6-10-19)18(21)16-11-15-7-3-4-8-17(15)20-13-16/h3-4,7-8,11,13-14H,5-6,9-10,12H2,1-2H3. The SMILES string of the molecule is CC(C)CC1(C(=O)c2cnc3ccccc3c2)CCCC1. The predicted octanol–water partition coefficient (Wildman–Crippen LogP) is 5.02. The van der Waals surface area contributed by atoms with Gasteiger partial charge in [0, 0.05) is 22.6 Å². The lowest BCUT2D eigenvalue weighted by Crippen LogP contribution is -2.30. The third kappa shape index (κ3) is 2.72. The first-order valence-corrected chi connectivity index (χ1v) is 8.00. The summed E-state index contributed by atoms with van der Waals surface area (Å²) in [6.45, 7) is 4.43. The normalized spacial score (nSPS) is 17.5. The van der Waals surface area contributed by atoms with E-state index in [1.165, 1.54) is 12.8 Å². The Hall–Kier alpha value is -1.70. The van der Waals surface area contributed by atoms with Gasteiger partial charge in [-0.1, -0.05) is 44.9 Å². The van der Waals surface area contributed by atoms with Crippen molar-refractivity contribution >= 4 is 16.7 Å². The van der Waals surface area contributed by atoms with Crippen LogP contribution in [0.1, 0.15) is 56.3 Å². The van der Waals surface area contributed by atoms with Crippen molar-refractivity contribution in [3.63, 3.8) is 0 Å². The topological polar surface area (TPSA) is 30.0 Å². The van der Waals surface area contributed by atoms with Gasteiger partial charge >= 0.3 is 0 Å². The van der Waals surface area contributed by atoms with Crippen LogP contribution in [-0.4, -0.2) is 10.8 Å². The van der Waals surface area contributed by atoms with Gasteiger partial charge in [-0.2, -0.15) is 0 Å². The second-order valence-corrected chi connectivity index (χ2v) is 6.83.